The molecule has 4 atom stereocenters. The van der Waals surface area contributed by atoms with Gasteiger partial charge in [0.15, 0.2) is 0 Å². The number of nitrogens with zero attached hydrogens (tertiary/aromatic N) is 4. The van der Waals surface area contributed by atoms with E-state index in [4.69, 9.17) is 28.9 Å². The molecule has 4 aromatic rings. The zero-order chi connectivity index (χ0) is 38.7. The van der Waals surface area contributed by atoms with Crippen LogP contribution in [0.2, 0.25) is 0 Å². The van der Waals surface area contributed by atoms with Gasteiger partial charge in [-0.25, -0.2) is 19.6 Å². The molecule has 1 N–H and O–H groups in total. The second kappa shape index (κ2) is 16.3. The third-order valence-electron chi connectivity index (χ3n) is 10.6. The number of rotatable bonds is 10. The van der Waals surface area contributed by atoms with E-state index in [-0.39, 0.29) is 37.4 Å². The summed E-state index contributed by atoms with van der Waals surface area (Å²) in [5.74, 6) is 1.18. The molecule has 2 aromatic heterocycles. The highest BCUT2D eigenvalue weighted by Crippen LogP contribution is 2.46. The third-order valence-corrected chi connectivity index (χ3v) is 11.5. The van der Waals surface area contributed by atoms with Crippen LogP contribution in [0.4, 0.5) is 4.79 Å². The summed E-state index contributed by atoms with van der Waals surface area (Å²) in [5.41, 5.74) is 2.10. The van der Waals surface area contributed by atoms with Gasteiger partial charge in [-0.15, -0.1) is 11.3 Å². The Labute approximate surface area is 325 Å². The first-order chi connectivity index (χ1) is 26.6. The first-order valence-electron chi connectivity index (χ1n) is 19.1. The molecule has 2 fully saturated rings. The largest absolute Gasteiger partial charge is 0.497 e. The van der Waals surface area contributed by atoms with Crippen LogP contribution in [0.5, 0.6) is 17.2 Å². The van der Waals surface area contributed by atoms with Gasteiger partial charge in [-0.3, -0.25) is 4.79 Å². The Balaban J connectivity index is 1.23. The van der Waals surface area contributed by atoms with Gasteiger partial charge >= 0.3 is 12.0 Å². The second-order valence-corrected chi connectivity index (χ2v) is 15.6. The number of urea groups is 1. The fourth-order valence-corrected chi connectivity index (χ4v) is 8.36. The number of allylic oxidation sites excluding steroid dienone is 1. The minimum absolute atomic E-state index is 0.163. The average molecular weight is 768 g/mol. The molecule has 290 valence electrons. The van der Waals surface area contributed by atoms with E-state index < -0.39 is 29.6 Å². The van der Waals surface area contributed by atoms with Gasteiger partial charge in [0.05, 0.1) is 38.6 Å². The first-order valence-corrected chi connectivity index (χ1v) is 20.0. The molecule has 12 nitrogen and oxygen atoms in total. The van der Waals surface area contributed by atoms with E-state index in [1.54, 1.807) is 26.0 Å². The summed E-state index contributed by atoms with van der Waals surface area (Å²) in [4.78, 5) is 55.7. The fourth-order valence-electron chi connectivity index (χ4n) is 7.42. The Morgan fingerprint density at radius 3 is 2.55 bits per heavy atom. The number of thiazole rings is 1. The molecule has 1 saturated heterocycles. The average Bonchev–Trinajstić information content (AvgIpc) is 3.48. The van der Waals surface area contributed by atoms with Crippen molar-refractivity contribution in [1.82, 2.24) is 25.1 Å². The molecule has 13 heteroatoms. The summed E-state index contributed by atoms with van der Waals surface area (Å²) in [7, 11) is 3.23. The number of carbonyl (C=O) groups is 3. The Hall–Kier alpha value is -5.17. The highest BCUT2D eigenvalue weighted by Gasteiger charge is 2.62. The molecule has 0 bridgehead atoms. The van der Waals surface area contributed by atoms with Crippen LogP contribution in [0.3, 0.4) is 0 Å². The van der Waals surface area contributed by atoms with E-state index in [9.17, 15) is 14.4 Å². The number of esters is 1. The molecule has 7 rings (SSSR count). The van der Waals surface area contributed by atoms with Gasteiger partial charge in [0.2, 0.25) is 5.91 Å². The molecule has 0 spiro atoms. The van der Waals surface area contributed by atoms with Crippen LogP contribution in [0.1, 0.15) is 70.1 Å². The summed E-state index contributed by atoms with van der Waals surface area (Å²) < 4.78 is 23.2. The van der Waals surface area contributed by atoms with Crippen molar-refractivity contribution in [2.75, 3.05) is 33.9 Å². The second-order valence-electron chi connectivity index (χ2n) is 14.7. The lowest BCUT2D eigenvalue weighted by atomic mass is 10.1. The number of hydrogen-bond acceptors (Lipinski definition) is 10. The smallest absolute Gasteiger partial charge is 0.332 e. The molecule has 2 aliphatic heterocycles. The van der Waals surface area contributed by atoms with E-state index in [0.29, 0.717) is 42.2 Å². The van der Waals surface area contributed by atoms with Crippen molar-refractivity contribution in [3.8, 4) is 28.0 Å². The highest BCUT2D eigenvalue weighted by molar-refractivity contribution is 7.13. The monoisotopic (exact) mass is 767 g/mol. The first kappa shape index (κ1) is 38.1. The summed E-state index contributed by atoms with van der Waals surface area (Å²) in [6.45, 7) is 7.19. The van der Waals surface area contributed by atoms with Gasteiger partial charge in [-0.05, 0) is 68.4 Å². The molecule has 1 saturated carbocycles. The normalized spacial score (nSPS) is 23.4. The highest BCUT2D eigenvalue weighted by atomic mass is 32.1. The zero-order valence-corrected chi connectivity index (χ0v) is 32.9. The molecular weight excluding hydrogens is 719 g/mol. The molecular formula is C42H49N5O7S. The van der Waals surface area contributed by atoms with Crippen molar-refractivity contribution in [1.29, 1.82) is 0 Å². The number of benzene rings is 2. The van der Waals surface area contributed by atoms with E-state index in [1.165, 1.54) is 11.3 Å². The lowest BCUT2D eigenvalue weighted by Crippen LogP contribution is -2.55. The number of carbonyl (C=O) groups excluding carboxylic acids is 3. The lowest BCUT2D eigenvalue weighted by Gasteiger charge is -2.32. The summed E-state index contributed by atoms with van der Waals surface area (Å²) in [6, 6.07) is 14.0. The number of ether oxygens (including phenoxy) is 4. The van der Waals surface area contributed by atoms with Crippen molar-refractivity contribution < 1.29 is 33.3 Å². The number of fused-ring (bicyclic) bond motifs is 3. The molecule has 0 radical (unpaired) electrons. The predicted molar refractivity (Wildman–Crippen MR) is 210 cm³/mol. The molecule has 1 aliphatic carbocycles. The van der Waals surface area contributed by atoms with Crippen molar-refractivity contribution in [3.63, 3.8) is 0 Å². The van der Waals surface area contributed by atoms with Gasteiger partial charge in [0.25, 0.3) is 0 Å². The SMILES string of the molecule is CCOC(=O)[C@@]12C[C@@H]1/C=C\CCCCN(Cc1ccc(OC)cc1)C(=O)N1C[C@H](Oc3cc(-c4nc(C(C)C)cs4)nc4cc(OC)ccc34)C[C@H]1C(=O)N2. The third kappa shape index (κ3) is 8.12. The molecule has 2 aromatic carbocycles. The minimum Gasteiger partial charge on any atom is -0.497 e. The van der Waals surface area contributed by atoms with Crippen LogP contribution >= 0.6 is 11.3 Å². The minimum atomic E-state index is -1.16. The zero-order valence-electron chi connectivity index (χ0n) is 32.1. The van der Waals surface area contributed by atoms with Gasteiger partial charge in [-0.1, -0.05) is 38.1 Å². The Bertz CT molecular complexity index is 2070. The topological polar surface area (TPSA) is 132 Å². The molecule has 0 unspecified atom stereocenters. The number of amides is 3. The van der Waals surface area contributed by atoms with Gasteiger partial charge in [0.1, 0.15) is 45.6 Å². The number of pyridine rings is 1. The van der Waals surface area contributed by atoms with Crippen molar-refractivity contribution in [3.05, 3.63) is 77.3 Å². The van der Waals surface area contributed by atoms with Crippen LogP contribution in [0.25, 0.3) is 21.6 Å². The molecule has 55 heavy (non-hydrogen) atoms. The van der Waals surface area contributed by atoms with E-state index in [1.807, 2.05) is 64.9 Å². The fraction of sp³-hybridized carbons (Fsp3) is 0.452. The summed E-state index contributed by atoms with van der Waals surface area (Å²) in [5, 5.41) is 6.65. The predicted octanol–water partition coefficient (Wildman–Crippen LogP) is 7.12. The van der Waals surface area contributed by atoms with Crippen LogP contribution in [0.15, 0.2) is 66.1 Å². The quantitative estimate of drug-likeness (QED) is 0.132. The van der Waals surface area contributed by atoms with Crippen LogP contribution in [-0.4, -0.2) is 89.3 Å². The Morgan fingerprint density at radius 2 is 1.82 bits per heavy atom. The summed E-state index contributed by atoms with van der Waals surface area (Å²) >= 11 is 1.52. The number of nitrogens with one attached hydrogen (secondary N) is 1. The van der Waals surface area contributed by atoms with E-state index in [0.717, 1.165) is 46.7 Å². The maximum Gasteiger partial charge on any atom is 0.332 e. The lowest BCUT2D eigenvalue weighted by molar-refractivity contribution is -0.149. The molecule has 3 aliphatic rings. The standard InChI is InChI=1S/C42H49N5O7S/c1-6-53-40(49)42-22-28(42)11-9-7-8-10-18-46(23-27-12-14-29(51-4)15-13-27)41(50)47-24-31(20-36(47)38(48)45-42)54-37-21-34(39-44-35(25-55-39)26(2)3)43-33-19-30(52-5)16-17-32(33)37/h9,11-17,19,21,25-26,28,31,36H,6-8,10,18,20,22-24H2,1-5H3,(H,45,48)/b11-9-/t28-,31+,36-,42+/m0/s1. The van der Waals surface area contributed by atoms with Crippen molar-refractivity contribution in [2.24, 2.45) is 5.92 Å². The van der Waals surface area contributed by atoms with Crippen LogP contribution < -0.4 is 19.5 Å². The number of aromatic nitrogens is 2. The van der Waals surface area contributed by atoms with Crippen LogP contribution in [-0.2, 0) is 20.9 Å². The van der Waals surface area contributed by atoms with Gasteiger partial charge < -0.3 is 34.1 Å². The Morgan fingerprint density at radius 1 is 1.04 bits per heavy atom. The maximum absolute atomic E-state index is 14.7. The van der Waals surface area contributed by atoms with Crippen LogP contribution in [0, 0.1) is 5.92 Å². The van der Waals surface area contributed by atoms with Gasteiger partial charge in [0, 0.05) is 48.3 Å². The molecule has 3 amide bonds. The van der Waals surface area contributed by atoms with Crippen molar-refractivity contribution >= 4 is 40.1 Å². The number of hydrogen-bond donors (Lipinski definition) is 1. The number of methoxy groups -OCH3 is 2. The van der Waals surface area contributed by atoms with Crippen molar-refractivity contribution in [2.45, 2.75) is 83.0 Å². The van der Waals surface area contributed by atoms with E-state index >= 15 is 0 Å². The maximum atomic E-state index is 14.7. The Kier molecular flexibility index (Phi) is 11.3. The molecule has 4 heterocycles. The van der Waals surface area contributed by atoms with E-state index in [2.05, 4.69) is 25.2 Å². The summed E-state index contributed by atoms with van der Waals surface area (Å²) in [6.07, 6.45) is 6.65. The van der Waals surface area contributed by atoms with Gasteiger partial charge in [-0.2, -0.15) is 0 Å².